The first-order chi connectivity index (χ1) is 7.68. The van der Waals surface area contributed by atoms with Crippen LogP contribution >= 0.6 is 0 Å². The van der Waals surface area contributed by atoms with Gasteiger partial charge in [-0.1, -0.05) is 19.3 Å². The molecule has 0 bridgehead atoms. The number of H-pyrrole nitrogens is 2. The molecule has 2 N–H and O–H groups in total. The van der Waals surface area contributed by atoms with Crippen LogP contribution in [0.5, 0.6) is 0 Å². The van der Waals surface area contributed by atoms with Gasteiger partial charge in [-0.2, -0.15) is 0 Å². The van der Waals surface area contributed by atoms with Crippen molar-refractivity contribution in [2.75, 3.05) is 11.9 Å². The van der Waals surface area contributed by atoms with E-state index >= 15 is 0 Å². The molecule has 0 aliphatic heterocycles. The van der Waals surface area contributed by atoms with Gasteiger partial charge in [0.25, 0.3) is 5.56 Å². The van der Waals surface area contributed by atoms with E-state index in [1.807, 2.05) is 11.9 Å². The van der Waals surface area contributed by atoms with Gasteiger partial charge in [-0.15, -0.1) is 0 Å². The van der Waals surface area contributed by atoms with E-state index in [2.05, 4.69) is 9.97 Å². The van der Waals surface area contributed by atoms with Crippen molar-refractivity contribution >= 4 is 5.69 Å². The van der Waals surface area contributed by atoms with Crippen LogP contribution in [-0.2, 0) is 0 Å². The fraction of sp³-hybridized carbons (Fsp3) is 0.636. The number of hydrogen-bond donors (Lipinski definition) is 2. The van der Waals surface area contributed by atoms with Crippen LogP contribution in [0, 0.1) is 0 Å². The molecule has 0 atom stereocenters. The van der Waals surface area contributed by atoms with E-state index in [-0.39, 0.29) is 5.56 Å². The molecule has 2 rings (SSSR count). The highest BCUT2D eigenvalue weighted by Crippen LogP contribution is 2.23. The first kappa shape index (κ1) is 11.0. The Labute approximate surface area is 93.5 Å². The Kier molecular flexibility index (Phi) is 3.12. The minimum Gasteiger partial charge on any atom is -0.366 e. The standard InChI is InChI=1S/C11H17N3O2/c1-14(8-5-3-2-4-6-8)9-7-12-11(16)13-10(9)15/h7-8H,2-6H2,1H3,(H2,12,13,15,16). The van der Waals surface area contributed by atoms with Crippen molar-refractivity contribution in [2.24, 2.45) is 0 Å². The van der Waals surface area contributed by atoms with Crippen LogP contribution < -0.4 is 16.1 Å². The van der Waals surface area contributed by atoms with Gasteiger partial charge < -0.3 is 9.88 Å². The maximum absolute atomic E-state index is 11.6. The Balaban J connectivity index is 2.22. The summed E-state index contributed by atoms with van der Waals surface area (Å²) in [6.07, 6.45) is 7.46. The van der Waals surface area contributed by atoms with E-state index < -0.39 is 5.69 Å². The Morgan fingerprint density at radius 1 is 1.25 bits per heavy atom. The third kappa shape index (κ3) is 2.18. The average Bonchev–Trinajstić information content (AvgIpc) is 2.29. The number of aromatic amines is 2. The summed E-state index contributed by atoms with van der Waals surface area (Å²) < 4.78 is 0. The summed E-state index contributed by atoms with van der Waals surface area (Å²) in [7, 11) is 1.92. The van der Waals surface area contributed by atoms with Crippen LogP contribution in [-0.4, -0.2) is 23.1 Å². The van der Waals surface area contributed by atoms with Gasteiger partial charge in [0.15, 0.2) is 0 Å². The molecule has 5 heteroatoms. The summed E-state index contributed by atoms with van der Waals surface area (Å²) in [5.74, 6) is 0. The van der Waals surface area contributed by atoms with Gasteiger partial charge in [0.1, 0.15) is 5.69 Å². The molecule has 1 heterocycles. The molecule has 5 nitrogen and oxygen atoms in total. The topological polar surface area (TPSA) is 69.0 Å². The Morgan fingerprint density at radius 3 is 2.56 bits per heavy atom. The molecule has 0 amide bonds. The monoisotopic (exact) mass is 223 g/mol. The zero-order chi connectivity index (χ0) is 11.5. The van der Waals surface area contributed by atoms with Gasteiger partial charge >= 0.3 is 5.69 Å². The molecule has 1 aromatic rings. The number of rotatable bonds is 2. The largest absolute Gasteiger partial charge is 0.366 e. The number of anilines is 1. The van der Waals surface area contributed by atoms with Crippen molar-refractivity contribution in [3.63, 3.8) is 0 Å². The molecule has 1 aromatic heterocycles. The number of aromatic nitrogens is 2. The normalized spacial score (nSPS) is 17.3. The molecule has 0 spiro atoms. The summed E-state index contributed by atoms with van der Waals surface area (Å²) in [4.78, 5) is 29.3. The summed E-state index contributed by atoms with van der Waals surface area (Å²) >= 11 is 0. The number of hydrogen-bond acceptors (Lipinski definition) is 3. The van der Waals surface area contributed by atoms with Crippen molar-refractivity contribution in [3.8, 4) is 0 Å². The van der Waals surface area contributed by atoms with Crippen molar-refractivity contribution < 1.29 is 0 Å². The predicted octanol–water partition coefficient (Wildman–Crippen LogP) is 0.832. The van der Waals surface area contributed by atoms with Crippen LogP contribution in [0.3, 0.4) is 0 Å². The lowest BCUT2D eigenvalue weighted by molar-refractivity contribution is 0.426. The smallest absolute Gasteiger partial charge is 0.325 e. The van der Waals surface area contributed by atoms with Crippen molar-refractivity contribution in [2.45, 2.75) is 38.1 Å². The number of nitrogens with zero attached hydrogens (tertiary/aromatic N) is 1. The zero-order valence-corrected chi connectivity index (χ0v) is 9.45. The average molecular weight is 223 g/mol. The fourth-order valence-corrected chi connectivity index (χ4v) is 2.33. The van der Waals surface area contributed by atoms with Crippen molar-refractivity contribution in [1.82, 2.24) is 9.97 Å². The van der Waals surface area contributed by atoms with Crippen molar-refractivity contribution in [3.05, 3.63) is 27.0 Å². The maximum atomic E-state index is 11.6. The summed E-state index contributed by atoms with van der Waals surface area (Å²) in [6.45, 7) is 0. The molecule has 88 valence electrons. The molecule has 0 radical (unpaired) electrons. The summed E-state index contributed by atoms with van der Waals surface area (Å²) in [5.41, 5.74) is -0.214. The molecule has 16 heavy (non-hydrogen) atoms. The quantitative estimate of drug-likeness (QED) is 0.780. The zero-order valence-electron chi connectivity index (χ0n) is 9.45. The molecule has 0 unspecified atom stereocenters. The first-order valence-corrected chi connectivity index (χ1v) is 5.73. The molecule has 1 saturated carbocycles. The van der Waals surface area contributed by atoms with Crippen LogP contribution in [0.25, 0.3) is 0 Å². The lowest BCUT2D eigenvalue weighted by Crippen LogP contribution is -2.38. The maximum Gasteiger partial charge on any atom is 0.325 e. The number of nitrogens with one attached hydrogen (secondary N) is 2. The second-order valence-corrected chi connectivity index (χ2v) is 4.36. The van der Waals surface area contributed by atoms with Gasteiger partial charge in [0.2, 0.25) is 0 Å². The first-order valence-electron chi connectivity index (χ1n) is 5.73. The molecule has 0 saturated heterocycles. The van der Waals surface area contributed by atoms with E-state index in [0.717, 1.165) is 12.8 Å². The Morgan fingerprint density at radius 2 is 1.94 bits per heavy atom. The molecular formula is C11H17N3O2. The van der Waals surface area contributed by atoms with Gasteiger partial charge in [0, 0.05) is 19.3 Å². The van der Waals surface area contributed by atoms with Crippen LogP contribution in [0.2, 0.25) is 0 Å². The van der Waals surface area contributed by atoms with Crippen molar-refractivity contribution in [1.29, 1.82) is 0 Å². The lowest BCUT2D eigenvalue weighted by atomic mass is 9.94. The molecule has 1 aliphatic rings. The second-order valence-electron chi connectivity index (χ2n) is 4.36. The third-order valence-corrected chi connectivity index (χ3v) is 3.30. The SMILES string of the molecule is CN(c1c[nH]c(=O)[nH]c1=O)C1CCCCC1. The van der Waals surface area contributed by atoms with Gasteiger partial charge in [-0.3, -0.25) is 9.78 Å². The minimum absolute atomic E-state index is 0.308. The van der Waals surface area contributed by atoms with E-state index in [1.165, 1.54) is 25.5 Å². The minimum atomic E-state index is -0.453. The Bertz CT molecular complexity index is 457. The van der Waals surface area contributed by atoms with E-state index in [4.69, 9.17) is 0 Å². The Hall–Kier alpha value is -1.52. The summed E-state index contributed by atoms with van der Waals surface area (Å²) in [5, 5.41) is 0. The fourth-order valence-electron chi connectivity index (χ4n) is 2.33. The van der Waals surface area contributed by atoms with Crippen LogP contribution in [0.4, 0.5) is 5.69 Å². The van der Waals surface area contributed by atoms with E-state index in [0.29, 0.717) is 11.7 Å². The highest BCUT2D eigenvalue weighted by Gasteiger charge is 2.20. The van der Waals surface area contributed by atoms with Crippen LogP contribution in [0.1, 0.15) is 32.1 Å². The lowest BCUT2D eigenvalue weighted by Gasteiger charge is -2.31. The van der Waals surface area contributed by atoms with Gasteiger partial charge in [0.05, 0.1) is 0 Å². The third-order valence-electron chi connectivity index (χ3n) is 3.30. The summed E-state index contributed by atoms with van der Waals surface area (Å²) in [6, 6.07) is 0.417. The van der Waals surface area contributed by atoms with Gasteiger partial charge in [-0.05, 0) is 12.8 Å². The highest BCUT2D eigenvalue weighted by molar-refractivity contribution is 5.41. The second kappa shape index (κ2) is 4.55. The van der Waals surface area contributed by atoms with Gasteiger partial charge in [-0.25, -0.2) is 4.79 Å². The van der Waals surface area contributed by atoms with Crippen LogP contribution in [0.15, 0.2) is 15.8 Å². The molecule has 1 aliphatic carbocycles. The highest BCUT2D eigenvalue weighted by atomic mass is 16.2. The molecule has 1 fully saturated rings. The molecule has 0 aromatic carbocycles. The molecular weight excluding hydrogens is 206 g/mol. The van der Waals surface area contributed by atoms with E-state index in [9.17, 15) is 9.59 Å². The van der Waals surface area contributed by atoms with E-state index in [1.54, 1.807) is 0 Å². The predicted molar refractivity (Wildman–Crippen MR) is 63.0 cm³/mol.